The Hall–Kier alpha value is -2.06. The molecule has 136 valence electrons. The lowest BCUT2D eigenvalue weighted by atomic mass is 9.95. The first-order chi connectivity index (χ1) is 11.8. The van der Waals surface area contributed by atoms with Crippen molar-refractivity contribution in [2.45, 2.75) is 39.5 Å². The number of carbonyl (C=O) groups excluding carboxylic acids is 1. The van der Waals surface area contributed by atoms with Gasteiger partial charge < -0.3 is 10.1 Å². The number of hydrogen-bond donors (Lipinski definition) is 2. The molecule has 0 aliphatic heterocycles. The second-order valence-corrected chi connectivity index (χ2v) is 7.68. The number of hydrogen-bond acceptors (Lipinski definition) is 6. The van der Waals surface area contributed by atoms with Crippen molar-refractivity contribution in [2.24, 2.45) is 0 Å². The van der Waals surface area contributed by atoms with Crippen LogP contribution in [0.4, 0.5) is 9.93 Å². The molecule has 2 N–H and O–H groups in total. The monoisotopic (exact) mass is 363 g/mol. The van der Waals surface area contributed by atoms with E-state index < -0.39 is 0 Å². The van der Waals surface area contributed by atoms with Gasteiger partial charge in [0, 0.05) is 31.9 Å². The Morgan fingerprint density at radius 2 is 2.08 bits per heavy atom. The number of methoxy groups -OCH3 is 1. The minimum absolute atomic E-state index is 0.127. The molecular formula is C17H25N5O2S. The molecule has 0 aliphatic carbocycles. The molecule has 0 aliphatic rings. The summed E-state index contributed by atoms with van der Waals surface area (Å²) in [7, 11) is 1.64. The van der Waals surface area contributed by atoms with Crippen LogP contribution in [0.15, 0.2) is 12.3 Å². The first-order valence-corrected chi connectivity index (χ1v) is 8.98. The summed E-state index contributed by atoms with van der Waals surface area (Å²) in [5, 5.41) is 6.09. The fourth-order valence-corrected chi connectivity index (χ4v) is 3.03. The van der Waals surface area contributed by atoms with Gasteiger partial charge in [-0.15, -0.1) is 0 Å². The van der Waals surface area contributed by atoms with Crippen molar-refractivity contribution in [2.75, 3.05) is 25.6 Å². The van der Waals surface area contributed by atoms with E-state index in [1.807, 2.05) is 13.0 Å². The van der Waals surface area contributed by atoms with Gasteiger partial charge in [-0.05, 0) is 19.4 Å². The second kappa shape index (κ2) is 8.35. The van der Waals surface area contributed by atoms with E-state index in [4.69, 9.17) is 4.74 Å². The van der Waals surface area contributed by atoms with Gasteiger partial charge >= 0.3 is 6.03 Å². The maximum absolute atomic E-state index is 11.9. The number of ether oxygens (including phenoxy) is 1. The third-order valence-electron chi connectivity index (χ3n) is 3.39. The van der Waals surface area contributed by atoms with Gasteiger partial charge in [-0.2, -0.15) is 0 Å². The van der Waals surface area contributed by atoms with Crippen molar-refractivity contribution < 1.29 is 9.53 Å². The van der Waals surface area contributed by atoms with Crippen molar-refractivity contribution in [1.82, 2.24) is 20.3 Å². The minimum atomic E-state index is -0.269. The van der Waals surface area contributed by atoms with Gasteiger partial charge in [0.1, 0.15) is 5.82 Å². The molecule has 0 unspecified atom stereocenters. The zero-order chi connectivity index (χ0) is 18.4. The van der Waals surface area contributed by atoms with Gasteiger partial charge in [-0.3, -0.25) is 5.32 Å². The molecule has 2 heterocycles. The van der Waals surface area contributed by atoms with Crippen LogP contribution in [0.5, 0.6) is 0 Å². The molecule has 8 heteroatoms. The van der Waals surface area contributed by atoms with Gasteiger partial charge in [0.2, 0.25) is 0 Å². The number of rotatable bonds is 6. The summed E-state index contributed by atoms with van der Waals surface area (Å²) >= 11 is 1.41. The molecule has 2 amide bonds. The Balaban J connectivity index is 2.09. The number of anilines is 1. The predicted octanol–water partition coefficient (Wildman–Crippen LogP) is 3.36. The zero-order valence-electron chi connectivity index (χ0n) is 15.3. The first kappa shape index (κ1) is 19.3. The number of thiazole rings is 1. The van der Waals surface area contributed by atoms with Gasteiger partial charge in [-0.1, -0.05) is 32.1 Å². The molecule has 0 saturated heterocycles. The number of nitrogens with one attached hydrogen (secondary N) is 2. The summed E-state index contributed by atoms with van der Waals surface area (Å²) in [6, 6.07) is 1.60. The molecule has 0 radical (unpaired) electrons. The molecule has 7 nitrogen and oxygen atoms in total. The Labute approximate surface area is 152 Å². The van der Waals surface area contributed by atoms with Crippen molar-refractivity contribution in [3.05, 3.63) is 23.8 Å². The summed E-state index contributed by atoms with van der Waals surface area (Å²) in [6.07, 6.45) is 2.53. The smallest absolute Gasteiger partial charge is 0.321 e. The van der Waals surface area contributed by atoms with Crippen molar-refractivity contribution in [3.8, 4) is 10.6 Å². The van der Waals surface area contributed by atoms with E-state index >= 15 is 0 Å². The number of nitrogens with zero attached hydrogens (tertiary/aromatic N) is 3. The van der Waals surface area contributed by atoms with Crippen LogP contribution in [-0.2, 0) is 10.2 Å². The average molecular weight is 363 g/mol. The summed E-state index contributed by atoms with van der Waals surface area (Å²) in [5.74, 6) is 0.781. The molecule has 25 heavy (non-hydrogen) atoms. The predicted molar refractivity (Wildman–Crippen MR) is 100 cm³/mol. The minimum Gasteiger partial charge on any atom is -0.385 e. The van der Waals surface area contributed by atoms with E-state index in [1.54, 1.807) is 13.3 Å². The molecule has 0 saturated carbocycles. The highest BCUT2D eigenvalue weighted by atomic mass is 32.1. The van der Waals surface area contributed by atoms with Gasteiger partial charge in [0.15, 0.2) is 5.13 Å². The van der Waals surface area contributed by atoms with E-state index in [0.29, 0.717) is 18.3 Å². The lowest BCUT2D eigenvalue weighted by Gasteiger charge is -2.16. The van der Waals surface area contributed by atoms with Crippen LogP contribution in [0.3, 0.4) is 0 Å². The van der Waals surface area contributed by atoms with Crippen LogP contribution < -0.4 is 10.6 Å². The Kier molecular flexibility index (Phi) is 6.44. The number of carbonyl (C=O) groups is 1. The van der Waals surface area contributed by atoms with Crippen LogP contribution in [0, 0.1) is 6.92 Å². The standard InChI is InChI=1S/C17H25N5O2S/c1-11-13(12-7-9-18-14(21-12)17(2,3)4)25-16(20-11)22-15(23)19-8-6-10-24-5/h7,9H,6,8,10H2,1-5H3,(H2,19,20,22,23). The molecular weight excluding hydrogens is 338 g/mol. The summed E-state index contributed by atoms with van der Waals surface area (Å²) in [6.45, 7) is 9.31. The molecule has 0 bridgehead atoms. The first-order valence-electron chi connectivity index (χ1n) is 8.16. The Morgan fingerprint density at radius 1 is 1.32 bits per heavy atom. The summed E-state index contributed by atoms with van der Waals surface area (Å²) in [5.41, 5.74) is 1.53. The Morgan fingerprint density at radius 3 is 2.76 bits per heavy atom. The van der Waals surface area contributed by atoms with E-state index in [-0.39, 0.29) is 11.4 Å². The quantitative estimate of drug-likeness (QED) is 0.768. The molecule has 2 rings (SSSR count). The highest BCUT2D eigenvalue weighted by Gasteiger charge is 2.19. The maximum Gasteiger partial charge on any atom is 0.321 e. The van der Waals surface area contributed by atoms with Crippen molar-refractivity contribution >= 4 is 22.5 Å². The van der Waals surface area contributed by atoms with Crippen molar-refractivity contribution in [3.63, 3.8) is 0 Å². The molecule has 0 spiro atoms. The van der Waals surface area contributed by atoms with Crippen LogP contribution in [0.1, 0.15) is 38.7 Å². The number of urea groups is 1. The maximum atomic E-state index is 11.9. The largest absolute Gasteiger partial charge is 0.385 e. The number of amides is 2. The number of aryl methyl sites for hydroxylation is 1. The summed E-state index contributed by atoms with van der Waals surface area (Å²) in [4.78, 5) is 26.3. The fraction of sp³-hybridized carbons (Fsp3) is 0.529. The second-order valence-electron chi connectivity index (χ2n) is 6.68. The molecule has 0 aromatic carbocycles. The highest BCUT2D eigenvalue weighted by Crippen LogP contribution is 2.32. The normalized spacial score (nSPS) is 11.4. The summed E-state index contributed by atoms with van der Waals surface area (Å²) < 4.78 is 4.95. The lowest BCUT2D eigenvalue weighted by molar-refractivity contribution is 0.194. The third kappa shape index (κ3) is 5.47. The van der Waals surface area contributed by atoms with Crippen molar-refractivity contribution in [1.29, 1.82) is 0 Å². The van der Waals surface area contributed by atoms with E-state index in [1.165, 1.54) is 11.3 Å². The van der Waals surface area contributed by atoms with Gasteiger partial charge in [-0.25, -0.2) is 19.7 Å². The lowest BCUT2D eigenvalue weighted by Crippen LogP contribution is -2.29. The van der Waals surface area contributed by atoms with E-state index in [9.17, 15) is 4.79 Å². The van der Waals surface area contributed by atoms with Gasteiger partial charge in [0.25, 0.3) is 0 Å². The van der Waals surface area contributed by atoms with Gasteiger partial charge in [0.05, 0.1) is 16.3 Å². The molecule has 0 atom stereocenters. The zero-order valence-corrected chi connectivity index (χ0v) is 16.2. The van der Waals surface area contributed by atoms with Crippen LogP contribution >= 0.6 is 11.3 Å². The third-order valence-corrected chi connectivity index (χ3v) is 4.48. The average Bonchev–Trinajstić information content (AvgIpc) is 2.91. The van der Waals surface area contributed by atoms with Crippen LogP contribution in [-0.4, -0.2) is 41.2 Å². The Bertz CT molecular complexity index is 724. The highest BCUT2D eigenvalue weighted by molar-refractivity contribution is 7.19. The molecule has 0 fully saturated rings. The van der Waals surface area contributed by atoms with E-state index in [0.717, 1.165) is 28.5 Å². The topological polar surface area (TPSA) is 89.0 Å². The van der Waals surface area contributed by atoms with Crippen LogP contribution in [0.2, 0.25) is 0 Å². The fourth-order valence-electron chi connectivity index (χ4n) is 2.09. The SMILES string of the molecule is COCCCNC(=O)Nc1nc(C)c(-c2ccnc(C(C)(C)C)n2)s1. The number of aromatic nitrogens is 3. The van der Waals surface area contributed by atoms with Crippen LogP contribution in [0.25, 0.3) is 10.6 Å². The molecule has 2 aromatic heterocycles. The van der Waals surface area contributed by atoms with E-state index in [2.05, 4.69) is 46.4 Å². The molecule has 2 aromatic rings.